The molecule has 0 bridgehead atoms. The van der Waals surface area contributed by atoms with E-state index in [1.54, 1.807) is 12.4 Å². The summed E-state index contributed by atoms with van der Waals surface area (Å²) in [6.07, 6.45) is 4.83. The zero-order chi connectivity index (χ0) is 18.3. The van der Waals surface area contributed by atoms with Crippen molar-refractivity contribution in [3.63, 3.8) is 0 Å². The Hall–Kier alpha value is -2.46. The maximum absolute atomic E-state index is 13.0. The van der Waals surface area contributed by atoms with Crippen LogP contribution in [0.3, 0.4) is 0 Å². The van der Waals surface area contributed by atoms with E-state index in [-0.39, 0.29) is 11.2 Å². The van der Waals surface area contributed by atoms with E-state index in [9.17, 15) is 4.79 Å². The Labute approximate surface area is 158 Å². The summed E-state index contributed by atoms with van der Waals surface area (Å²) in [5.41, 5.74) is 3.37. The molecule has 0 unspecified atom stereocenters. The number of benzene rings is 1. The number of aliphatic imine (C=N–C) groups is 1. The largest absolute Gasteiger partial charge is 0.343 e. The lowest BCUT2D eigenvalue weighted by molar-refractivity contribution is -0.118. The molecule has 4 rings (SSSR count). The lowest BCUT2D eigenvalue weighted by atomic mass is 9.73. The molecule has 0 fully saturated rings. The van der Waals surface area contributed by atoms with Gasteiger partial charge in [0.05, 0.1) is 0 Å². The fourth-order valence-corrected chi connectivity index (χ4v) is 3.94. The third kappa shape index (κ3) is 3.06. The van der Waals surface area contributed by atoms with Gasteiger partial charge in [-0.25, -0.2) is 0 Å². The van der Waals surface area contributed by atoms with Crippen LogP contribution in [0, 0.1) is 5.41 Å². The van der Waals surface area contributed by atoms with Crippen molar-refractivity contribution in [3.05, 3.63) is 76.2 Å². The molecule has 1 N–H and O–H groups in total. The van der Waals surface area contributed by atoms with Crippen LogP contribution in [0.25, 0.3) is 0 Å². The summed E-state index contributed by atoms with van der Waals surface area (Å²) in [6.45, 7) is 4.24. The van der Waals surface area contributed by atoms with Crippen LogP contribution in [0.5, 0.6) is 0 Å². The molecule has 132 valence electrons. The molecule has 0 saturated heterocycles. The van der Waals surface area contributed by atoms with E-state index in [2.05, 4.69) is 24.1 Å². The van der Waals surface area contributed by atoms with Gasteiger partial charge >= 0.3 is 0 Å². The fraction of sp³-hybridized carbons (Fsp3) is 0.286. The van der Waals surface area contributed by atoms with Crippen molar-refractivity contribution in [2.24, 2.45) is 10.4 Å². The summed E-state index contributed by atoms with van der Waals surface area (Å²) in [5.74, 6) is 0.870. The topological polar surface area (TPSA) is 54.4 Å². The minimum Gasteiger partial charge on any atom is -0.343 e. The highest BCUT2D eigenvalue weighted by atomic mass is 35.5. The number of rotatable bonds is 2. The number of hydrogen-bond acceptors (Lipinski definition) is 4. The predicted octanol–water partition coefficient (Wildman–Crippen LogP) is 4.47. The molecule has 0 spiro atoms. The third-order valence-electron chi connectivity index (χ3n) is 4.86. The summed E-state index contributed by atoms with van der Waals surface area (Å²) in [6, 6.07) is 11.1. The quantitative estimate of drug-likeness (QED) is 0.854. The first-order valence-corrected chi connectivity index (χ1v) is 9.08. The van der Waals surface area contributed by atoms with Crippen molar-refractivity contribution in [1.29, 1.82) is 0 Å². The molecule has 26 heavy (non-hydrogen) atoms. The molecule has 1 aromatic carbocycles. The number of allylic oxidation sites excluding steroid dienone is 1. The average molecular weight is 366 g/mol. The Morgan fingerprint density at radius 2 is 1.96 bits per heavy atom. The van der Waals surface area contributed by atoms with E-state index < -0.39 is 6.04 Å². The molecule has 2 heterocycles. The number of ketones is 1. The first-order chi connectivity index (χ1) is 12.4. The Kier molecular flexibility index (Phi) is 4.16. The Bertz CT molecular complexity index is 931. The van der Waals surface area contributed by atoms with Crippen LogP contribution in [-0.4, -0.2) is 16.6 Å². The molecule has 4 nitrogen and oxygen atoms in total. The number of pyridine rings is 1. The number of amidine groups is 1. The molecule has 0 saturated carbocycles. The van der Waals surface area contributed by atoms with Crippen molar-refractivity contribution in [3.8, 4) is 0 Å². The maximum Gasteiger partial charge on any atom is 0.163 e. The third-order valence-corrected chi connectivity index (χ3v) is 5.20. The average Bonchev–Trinajstić information content (AvgIpc) is 2.61. The standard InChI is InChI=1S/C21H20ClN3O/c1-21(2)10-16-18(17(26)11-21)19(14-7-3-4-8-15(14)22)25-20(24-16)13-6-5-9-23-12-13/h3-9,12,19H,10-11H2,1-2H3,(H,24,25)/t19-/m0/s1. The molecule has 1 aliphatic carbocycles. The van der Waals surface area contributed by atoms with Crippen molar-refractivity contribution < 1.29 is 4.79 Å². The van der Waals surface area contributed by atoms with Gasteiger partial charge in [0.1, 0.15) is 11.9 Å². The zero-order valence-electron chi connectivity index (χ0n) is 14.8. The van der Waals surface area contributed by atoms with Crippen molar-refractivity contribution in [1.82, 2.24) is 10.3 Å². The summed E-state index contributed by atoms with van der Waals surface area (Å²) in [5, 5.41) is 4.03. The normalized spacial score (nSPS) is 21.7. The lowest BCUT2D eigenvalue weighted by Gasteiger charge is -2.37. The van der Waals surface area contributed by atoms with Gasteiger partial charge in [0.2, 0.25) is 0 Å². The SMILES string of the molecule is CC1(C)CC(=O)C2=C(C1)NC(c1cccnc1)=N[C@H]2c1ccccc1Cl. The van der Waals surface area contributed by atoms with Crippen LogP contribution >= 0.6 is 11.6 Å². The summed E-state index contributed by atoms with van der Waals surface area (Å²) in [4.78, 5) is 22.0. The molecule has 1 aliphatic heterocycles. The number of nitrogens with zero attached hydrogens (tertiary/aromatic N) is 2. The molecular formula is C21H20ClN3O. The monoisotopic (exact) mass is 365 g/mol. The van der Waals surface area contributed by atoms with Crippen LogP contribution in [0.2, 0.25) is 5.02 Å². The van der Waals surface area contributed by atoms with Gasteiger partial charge in [-0.3, -0.25) is 14.8 Å². The van der Waals surface area contributed by atoms with Gasteiger partial charge in [-0.1, -0.05) is 43.6 Å². The number of halogens is 1. The number of carbonyl (C=O) groups is 1. The van der Waals surface area contributed by atoms with Gasteiger partial charge in [0, 0.05) is 40.7 Å². The van der Waals surface area contributed by atoms with E-state index in [1.165, 1.54) is 0 Å². The second-order valence-corrected chi connectivity index (χ2v) is 8.01. The second-order valence-electron chi connectivity index (χ2n) is 7.60. The van der Waals surface area contributed by atoms with E-state index >= 15 is 0 Å². The van der Waals surface area contributed by atoms with Gasteiger partial charge in [0.15, 0.2) is 5.78 Å². The van der Waals surface area contributed by atoms with E-state index in [0.29, 0.717) is 11.4 Å². The molecular weight excluding hydrogens is 346 g/mol. The summed E-state index contributed by atoms with van der Waals surface area (Å²) < 4.78 is 0. The predicted molar refractivity (Wildman–Crippen MR) is 103 cm³/mol. The number of nitrogens with one attached hydrogen (secondary N) is 1. The molecule has 2 aliphatic rings. The van der Waals surface area contributed by atoms with E-state index in [4.69, 9.17) is 16.6 Å². The summed E-state index contributed by atoms with van der Waals surface area (Å²) in [7, 11) is 0. The maximum atomic E-state index is 13.0. The first kappa shape index (κ1) is 17.0. The molecule has 5 heteroatoms. The Balaban J connectivity index is 1.87. The van der Waals surface area contributed by atoms with Crippen LogP contribution < -0.4 is 5.32 Å². The number of carbonyl (C=O) groups excluding carboxylic acids is 1. The minimum atomic E-state index is -0.390. The van der Waals surface area contributed by atoms with Gasteiger partial charge in [-0.15, -0.1) is 0 Å². The zero-order valence-corrected chi connectivity index (χ0v) is 15.5. The number of aromatic nitrogens is 1. The Morgan fingerprint density at radius 3 is 2.69 bits per heavy atom. The van der Waals surface area contributed by atoms with Crippen LogP contribution in [0.1, 0.15) is 43.9 Å². The molecule has 0 amide bonds. The van der Waals surface area contributed by atoms with Crippen LogP contribution in [-0.2, 0) is 4.79 Å². The molecule has 1 aromatic heterocycles. The number of Topliss-reactive ketones (excluding diaryl/α,β-unsaturated/α-hetero) is 1. The van der Waals surface area contributed by atoms with Crippen molar-refractivity contribution in [2.45, 2.75) is 32.7 Å². The lowest BCUT2D eigenvalue weighted by Crippen LogP contribution is -2.39. The fourth-order valence-electron chi connectivity index (χ4n) is 3.70. The van der Waals surface area contributed by atoms with Gasteiger partial charge < -0.3 is 5.32 Å². The highest BCUT2D eigenvalue weighted by Crippen LogP contribution is 2.44. The molecule has 2 aromatic rings. The van der Waals surface area contributed by atoms with Gasteiger partial charge in [0.25, 0.3) is 0 Å². The van der Waals surface area contributed by atoms with Crippen molar-refractivity contribution in [2.75, 3.05) is 0 Å². The first-order valence-electron chi connectivity index (χ1n) is 8.70. The van der Waals surface area contributed by atoms with Crippen LogP contribution in [0.4, 0.5) is 0 Å². The molecule has 1 atom stereocenters. The smallest absolute Gasteiger partial charge is 0.163 e. The summed E-state index contributed by atoms with van der Waals surface area (Å²) >= 11 is 6.45. The van der Waals surface area contributed by atoms with Gasteiger partial charge in [-0.05, 0) is 35.6 Å². The van der Waals surface area contributed by atoms with E-state index in [1.807, 2.05) is 36.4 Å². The van der Waals surface area contributed by atoms with E-state index in [0.717, 1.165) is 34.7 Å². The second kappa shape index (κ2) is 6.36. The molecule has 0 radical (unpaired) electrons. The van der Waals surface area contributed by atoms with Crippen molar-refractivity contribution >= 4 is 23.2 Å². The highest BCUT2D eigenvalue weighted by molar-refractivity contribution is 6.31. The Morgan fingerprint density at radius 1 is 1.15 bits per heavy atom. The number of hydrogen-bond donors (Lipinski definition) is 1. The van der Waals surface area contributed by atoms with Gasteiger partial charge in [-0.2, -0.15) is 0 Å². The highest BCUT2D eigenvalue weighted by Gasteiger charge is 2.39. The minimum absolute atomic E-state index is 0.0780. The van der Waals surface area contributed by atoms with Crippen LogP contribution in [0.15, 0.2) is 65.1 Å².